The number of hydrogen-bond donors (Lipinski definition) is 1. The lowest BCUT2D eigenvalue weighted by atomic mass is 9.96. The van der Waals surface area contributed by atoms with Gasteiger partial charge in [0.15, 0.2) is 5.82 Å². The Labute approximate surface area is 130 Å². The zero-order valence-corrected chi connectivity index (χ0v) is 13.3. The molecule has 6 heteroatoms. The van der Waals surface area contributed by atoms with Crippen molar-refractivity contribution in [1.29, 1.82) is 0 Å². The highest BCUT2D eigenvalue weighted by atomic mass is 16.5. The average molecular weight is 302 g/mol. The van der Waals surface area contributed by atoms with Crippen LogP contribution in [0.5, 0.6) is 0 Å². The Morgan fingerprint density at radius 1 is 1.23 bits per heavy atom. The smallest absolute Gasteiger partial charge is 0.259 e. The van der Waals surface area contributed by atoms with Crippen LogP contribution in [0.4, 0.5) is 5.82 Å². The van der Waals surface area contributed by atoms with E-state index in [1.165, 1.54) is 0 Å². The van der Waals surface area contributed by atoms with E-state index < -0.39 is 0 Å². The van der Waals surface area contributed by atoms with Gasteiger partial charge < -0.3 is 14.5 Å². The van der Waals surface area contributed by atoms with E-state index in [1.807, 2.05) is 32.9 Å². The summed E-state index contributed by atoms with van der Waals surface area (Å²) in [6.07, 6.45) is 3.18. The summed E-state index contributed by atoms with van der Waals surface area (Å²) in [5.74, 6) is 2.11. The molecule has 2 aromatic rings. The number of pyridine rings is 1. The second-order valence-electron chi connectivity index (χ2n) is 6.80. The Kier molecular flexibility index (Phi) is 3.87. The number of nitrogens with zero attached hydrogens (tertiary/aromatic N) is 4. The third kappa shape index (κ3) is 3.11. The van der Waals surface area contributed by atoms with E-state index in [0.717, 1.165) is 37.3 Å². The number of aliphatic hydroxyl groups excluding tert-OH is 1. The van der Waals surface area contributed by atoms with Gasteiger partial charge in [-0.2, -0.15) is 4.98 Å². The van der Waals surface area contributed by atoms with Gasteiger partial charge in [-0.15, -0.1) is 0 Å². The molecule has 1 aliphatic heterocycles. The molecule has 0 bridgehead atoms. The van der Waals surface area contributed by atoms with Gasteiger partial charge in [-0.1, -0.05) is 25.9 Å². The molecule has 2 aromatic heterocycles. The maximum Gasteiger partial charge on any atom is 0.259 e. The van der Waals surface area contributed by atoms with Crippen molar-refractivity contribution in [3.63, 3.8) is 0 Å². The topological polar surface area (TPSA) is 75.3 Å². The Balaban J connectivity index is 1.75. The number of aliphatic hydroxyl groups is 1. The maximum absolute atomic E-state index is 9.56. The molecule has 1 N–H and O–H groups in total. The standard InChI is InChI=1S/C16H22N4O2/c1-16(2,3)15-18-14(22-19-15)11-4-5-13(17-10-11)20-8-6-12(21)7-9-20/h4-5,10,12,21H,6-9H2,1-3H3. The molecule has 1 aliphatic rings. The summed E-state index contributed by atoms with van der Waals surface area (Å²) in [5, 5.41) is 13.6. The van der Waals surface area contributed by atoms with Gasteiger partial charge in [-0.25, -0.2) is 4.98 Å². The van der Waals surface area contributed by atoms with E-state index in [4.69, 9.17) is 4.52 Å². The van der Waals surface area contributed by atoms with Crippen LogP contribution in [0.3, 0.4) is 0 Å². The fourth-order valence-electron chi connectivity index (χ4n) is 2.44. The quantitative estimate of drug-likeness (QED) is 0.918. The predicted molar refractivity (Wildman–Crippen MR) is 83.7 cm³/mol. The summed E-state index contributed by atoms with van der Waals surface area (Å²) < 4.78 is 5.33. The first-order chi connectivity index (χ1) is 10.4. The number of piperidine rings is 1. The van der Waals surface area contributed by atoms with Crippen LogP contribution < -0.4 is 4.90 Å². The van der Waals surface area contributed by atoms with E-state index in [2.05, 4.69) is 20.0 Å². The molecule has 0 unspecified atom stereocenters. The summed E-state index contributed by atoms with van der Waals surface area (Å²) in [4.78, 5) is 11.1. The van der Waals surface area contributed by atoms with Crippen LogP contribution in [-0.2, 0) is 5.41 Å². The van der Waals surface area contributed by atoms with Crippen LogP contribution in [0.2, 0.25) is 0 Å². The van der Waals surface area contributed by atoms with Crippen LogP contribution >= 0.6 is 0 Å². The normalized spacial score (nSPS) is 17.0. The van der Waals surface area contributed by atoms with Crippen LogP contribution in [0.15, 0.2) is 22.9 Å². The molecule has 1 fully saturated rings. The monoisotopic (exact) mass is 302 g/mol. The first-order valence-electron chi connectivity index (χ1n) is 7.67. The molecular weight excluding hydrogens is 280 g/mol. The van der Waals surface area contributed by atoms with E-state index in [-0.39, 0.29) is 11.5 Å². The molecule has 118 valence electrons. The highest BCUT2D eigenvalue weighted by Crippen LogP contribution is 2.25. The Hall–Kier alpha value is -1.95. The molecule has 0 aliphatic carbocycles. The molecule has 0 atom stereocenters. The van der Waals surface area contributed by atoms with Crippen molar-refractivity contribution < 1.29 is 9.63 Å². The SMILES string of the molecule is CC(C)(C)c1noc(-c2ccc(N3CCC(O)CC3)nc2)n1. The van der Waals surface area contributed by atoms with Crippen molar-refractivity contribution >= 4 is 5.82 Å². The largest absolute Gasteiger partial charge is 0.393 e. The summed E-state index contributed by atoms with van der Waals surface area (Å²) >= 11 is 0. The van der Waals surface area contributed by atoms with Gasteiger partial charge in [0.2, 0.25) is 0 Å². The van der Waals surface area contributed by atoms with Crippen molar-refractivity contribution in [2.75, 3.05) is 18.0 Å². The molecule has 0 amide bonds. The first-order valence-corrected chi connectivity index (χ1v) is 7.67. The summed E-state index contributed by atoms with van der Waals surface area (Å²) in [6, 6.07) is 3.92. The lowest BCUT2D eigenvalue weighted by Crippen LogP contribution is -2.36. The van der Waals surface area contributed by atoms with Crippen LogP contribution in [0.25, 0.3) is 11.5 Å². The van der Waals surface area contributed by atoms with Gasteiger partial charge in [0, 0.05) is 24.7 Å². The number of hydrogen-bond acceptors (Lipinski definition) is 6. The molecule has 0 spiro atoms. The minimum atomic E-state index is -0.176. The van der Waals surface area contributed by atoms with Crippen molar-refractivity contribution in [2.45, 2.75) is 45.1 Å². The lowest BCUT2D eigenvalue weighted by molar-refractivity contribution is 0.145. The third-order valence-electron chi connectivity index (χ3n) is 3.88. The van der Waals surface area contributed by atoms with Crippen LogP contribution in [0, 0.1) is 0 Å². The second kappa shape index (κ2) is 5.68. The van der Waals surface area contributed by atoms with Crippen molar-refractivity contribution in [1.82, 2.24) is 15.1 Å². The first kappa shape index (κ1) is 15.0. The second-order valence-corrected chi connectivity index (χ2v) is 6.80. The number of aromatic nitrogens is 3. The van der Waals surface area contributed by atoms with E-state index >= 15 is 0 Å². The van der Waals surface area contributed by atoms with E-state index in [1.54, 1.807) is 6.20 Å². The average Bonchev–Trinajstić information content (AvgIpc) is 2.98. The summed E-state index contributed by atoms with van der Waals surface area (Å²) in [5.41, 5.74) is 0.688. The van der Waals surface area contributed by atoms with Gasteiger partial charge >= 0.3 is 0 Å². The fourth-order valence-corrected chi connectivity index (χ4v) is 2.44. The lowest BCUT2D eigenvalue weighted by Gasteiger charge is -2.30. The molecule has 0 aromatic carbocycles. The van der Waals surface area contributed by atoms with Gasteiger partial charge in [0.05, 0.1) is 11.7 Å². The highest BCUT2D eigenvalue weighted by molar-refractivity contribution is 5.54. The molecule has 22 heavy (non-hydrogen) atoms. The number of anilines is 1. The summed E-state index contributed by atoms with van der Waals surface area (Å²) in [6.45, 7) is 7.82. The minimum absolute atomic E-state index is 0.135. The molecule has 0 radical (unpaired) electrons. The molecule has 1 saturated heterocycles. The molecule has 3 rings (SSSR count). The van der Waals surface area contributed by atoms with Crippen molar-refractivity contribution in [2.24, 2.45) is 0 Å². The molecule has 6 nitrogen and oxygen atoms in total. The molecular formula is C16H22N4O2. The fraction of sp³-hybridized carbons (Fsp3) is 0.562. The summed E-state index contributed by atoms with van der Waals surface area (Å²) in [7, 11) is 0. The maximum atomic E-state index is 9.56. The predicted octanol–water partition coefficient (Wildman–Crippen LogP) is 2.39. The zero-order valence-electron chi connectivity index (χ0n) is 13.3. The van der Waals surface area contributed by atoms with Gasteiger partial charge in [-0.05, 0) is 25.0 Å². The van der Waals surface area contributed by atoms with Gasteiger partial charge in [0.25, 0.3) is 5.89 Å². The van der Waals surface area contributed by atoms with Crippen molar-refractivity contribution in [3.05, 3.63) is 24.2 Å². The van der Waals surface area contributed by atoms with Gasteiger partial charge in [0.1, 0.15) is 5.82 Å². The van der Waals surface area contributed by atoms with Crippen LogP contribution in [-0.4, -0.2) is 39.4 Å². The highest BCUT2D eigenvalue weighted by Gasteiger charge is 2.22. The minimum Gasteiger partial charge on any atom is -0.393 e. The Morgan fingerprint density at radius 3 is 2.50 bits per heavy atom. The number of rotatable bonds is 2. The van der Waals surface area contributed by atoms with Crippen LogP contribution in [0.1, 0.15) is 39.4 Å². The third-order valence-corrected chi connectivity index (χ3v) is 3.88. The molecule has 0 saturated carbocycles. The van der Waals surface area contributed by atoms with E-state index in [0.29, 0.717) is 11.7 Å². The van der Waals surface area contributed by atoms with E-state index in [9.17, 15) is 5.11 Å². The van der Waals surface area contributed by atoms with Crippen molar-refractivity contribution in [3.8, 4) is 11.5 Å². The van der Waals surface area contributed by atoms with Gasteiger partial charge in [-0.3, -0.25) is 0 Å². The zero-order chi connectivity index (χ0) is 15.7. The Morgan fingerprint density at radius 2 is 1.95 bits per heavy atom. The Bertz CT molecular complexity index is 622. The molecule has 3 heterocycles.